The van der Waals surface area contributed by atoms with Crippen molar-refractivity contribution >= 4 is 23.4 Å². The SMILES string of the molecule is COc1ccc(NC(=O)CSc2nccn2-c2cccc(C(F)(F)F)c2)c(OC)c1. The lowest BCUT2D eigenvalue weighted by molar-refractivity contribution is -0.137. The number of nitrogens with one attached hydrogen (secondary N) is 1. The molecule has 158 valence electrons. The number of imidazole rings is 1. The van der Waals surface area contributed by atoms with Crippen LogP contribution in [0, 0.1) is 0 Å². The number of halogens is 3. The van der Waals surface area contributed by atoms with E-state index < -0.39 is 11.7 Å². The fraction of sp³-hybridized carbons (Fsp3) is 0.200. The highest BCUT2D eigenvalue weighted by atomic mass is 32.2. The molecule has 0 unspecified atom stereocenters. The van der Waals surface area contributed by atoms with Crippen LogP contribution in [0.25, 0.3) is 5.69 Å². The van der Waals surface area contributed by atoms with Crippen molar-refractivity contribution in [3.63, 3.8) is 0 Å². The van der Waals surface area contributed by atoms with Crippen molar-refractivity contribution in [2.24, 2.45) is 0 Å². The van der Waals surface area contributed by atoms with Crippen molar-refractivity contribution in [1.82, 2.24) is 9.55 Å². The number of anilines is 1. The number of ether oxygens (including phenoxy) is 2. The molecule has 1 heterocycles. The van der Waals surface area contributed by atoms with Gasteiger partial charge in [0, 0.05) is 24.1 Å². The third-order valence-corrected chi connectivity index (χ3v) is 5.04. The van der Waals surface area contributed by atoms with Gasteiger partial charge in [-0.3, -0.25) is 9.36 Å². The maximum absolute atomic E-state index is 13.0. The minimum absolute atomic E-state index is 0.00512. The highest BCUT2D eigenvalue weighted by Gasteiger charge is 2.30. The van der Waals surface area contributed by atoms with Crippen LogP contribution in [0.2, 0.25) is 0 Å². The first-order valence-corrected chi connectivity index (χ1v) is 9.66. The average molecular weight is 437 g/mol. The Kier molecular flexibility index (Phi) is 6.56. The number of aromatic nitrogens is 2. The van der Waals surface area contributed by atoms with E-state index in [1.165, 1.54) is 31.0 Å². The number of amides is 1. The summed E-state index contributed by atoms with van der Waals surface area (Å²) in [6, 6.07) is 9.90. The molecule has 0 radical (unpaired) electrons. The summed E-state index contributed by atoms with van der Waals surface area (Å²) < 4.78 is 50.8. The molecule has 0 saturated carbocycles. The lowest BCUT2D eigenvalue weighted by atomic mass is 10.2. The molecular weight excluding hydrogens is 419 g/mol. The number of hydrogen-bond acceptors (Lipinski definition) is 5. The summed E-state index contributed by atoms with van der Waals surface area (Å²) >= 11 is 1.10. The van der Waals surface area contributed by atoms with E-state index in [2.05, 4.69) is 10.3 Å². The quantitative estimate of drug-likeness (QED) is 0.546. The molecule has 10 heteroatoms. The zero-order chi connectivity index (χ0) is 21.7. The third kappa shape index (κ3) is 5.07. The van der Waals surface area contributed by atoms with Gasteiger partial charge in [-0.15, -0.1) is 0 Å². The van der Waals surface area contributed by atoms with Crippen LogP contribution in [0.1, 0.15) is 5.56 Å². The number of carbonyl (C=O) groups is 1. The minimum Gasteiger partial charge on any atom is -0.497 e. The van der Waals surface area contributed by atoms with Gasteiger partial charge in [-0.25, -0.2) is 4.98 Å². The molecular formula is C20H18F3N3O3S. The lowest BCUT2D eigenvalue weighted by Gasteiger charge is -2.12. The molecule has 0 spiro atoms. The van der Waals surface area contributed by atoms with Crippen molar-refractivity contribution in [1.29, 1.82) is 0 Å². The van der Waals surface area contributed by atoms with Gasteiger partial charge in [0.1, 0.15) is 11.5 Å². The number of rotatable bonds is 7. The largest absolute Gasteiger partial charge is 0.497 e. The average Bonchev–Trinajstić information content (AvgIpc) is 3.20. The Hall–Kier alpha value is -3.14. The summed E-state index contributed by atoms with van der Waals surface area (Å²) in [6.45, 7) is 0. The van der Waals surface area contributed by atoms with Crippen molar-refractivity contribution < 1.29 is 27.4 Å². The van der Waals surface area contributed by atoms with Crippen LogP contribution in [0.3, 0.4) is 0 Å². The van der Waals surface area contributed by atoms with E-state index in [0.29, 0.717) is 28.0 Å². The first kappa shape index (κ1) is 21.6. The zero-order valence-corrected chi connectivity index (χ0v) is 16.9. The van der Waals surface area contributed by atoms with Gasteiger partial charge in [-0.1, -0.05) is 17.8 Å². The second kappa shape index (κ2) is 9.12. The number of thioether (sulfide) groups is 1. The molecule has 0 aliphatic heterocycles. The Labute approximate surface area is 175 Å². The van der Waals surface area contributed by atoms with Gasteiger partial charge in [-0.05, 0) is 30.3 Å². The number of methoxy groups -OCH3 is 2. The van der Waals surface area contributed by atoms with Crippen LogP contribution in [0.5, 0.6) is 11.5 Å². The Morgan fingerprint density at radius 1 is 1.17 bits per heavy atom. The van der Waals surface area contributed by atoms with E-state index in [4.69, 9.17) is 9.47 Å². The fourth-order valence-electron chi connectivity index (χ4n) is 2.64. The fourth-order valence-corrected chi connectivity index (χ4v) is 3.42. The Morgan fingerprint density at radius 2 is 1.97 bits per heavy atom. The number of alkyl halides is 3. The van der Waals surface area contributed by atoms with E-state index in [1.807, 2.05) is 0 Å². The summed E-state index contributed by atoms with van der Waals surface area (Å²) in [5.41, 5.74) is 0.0289. The summed E-state index contributed by atoms with van der Waals surface area (Å²) in [5, 5.41) is 3.13. The maximum atomic E-state index is 13.0. The first-order valence-electron chi connectivity index (χ1n) is 8.67. The third-order valence-electron chi connectivity index (χ3n) is 4.07. The topological polar surface area (TPSA) is 65.4 Å². The van der Waals surface area contributed by atoms with Crippen LogP contribution in [-0.4, -0.2) is 35.4 Å². The van der Waals surface area contributed by atoms with Crippen molar-refractivity contribution in [2.75, 3.05) is 25.3 Å². The van der Waals surface area contributed by atoms with Crippen molar-refractivity contribution in [3.8, 4) is 17.2 Å². The van der Waals surface area contributed by atoms with Gasteiger partial charge in [0.2, 0.25) is 5.91 Å². The smallest absolute Gasteiger partial charge is 0.416 e. The second-order valence-corrected chi connectivity index (χ2v) is 6.97. The van der Waals surface area contributed by atoms with Gasteiger partial charge >= 0.3 is 6.18 Å². The van der Waals surface area contributed by atoms with E-state index in [0.717, 1.165) is 23.9 Å². The van der Waals surface area contributed by atoms with Gasteiger partial charge in [0.25, 0.3) is 0 Å². The van der Waals surface area contributed by atoms with Crippen LogP contribution in [0.15, 0.2) is 60.0 Å². The normalized spacial score (nSPS) is 11.2. The van der Waals surface area contributed by atoms with Gasteiger partial charge in [-0.2, -0.15) is 13.2 Å². The van der Waals surface area contributed by atoms with Gasteiger partial charge < -0.3 is 14.8 Å². The Morgan fingerprint density at radius 3 is 2.67 bits per heavy atom. The van der Waals surface area contributed by atoms with E-state index in [1.54, 1.807) is 30.5 Å². The summed E-state index contributed by atoms with van der Waals surface area (Å²) in [7, 11) is 3.00. The monoisotopic (exact) mass is 437 g/mol. The molecule has 2 aromatic carbocycles. The summed E-state index contributed by atoms with van der Waals surface area (Å²) in [5.74, 6) is 0.716. The van der Waals surface area contributed by atoms with Crippen molar-refractivity contribution in [2.45, 2.75) is 11.3 Å². The predicted molar refractivity (Wildman–Crippen MR) is 107 cm³/mol. The summed E-state index contributed by atoms with van der Waals surface area (Å²) in [6.07, 6.45) is -1.43. The highest BCUT2D eigenvalue weighted by Crippen LogP contribution is 2.32. The van der Waals surface area contributed by atoms with Crippen molar-refractivity contribution in [3.05, 3.63) is 60.4 Å². The Bertz CT molecular complexity index is 1040. The van der Waals surface area contributed by atoms with Crippen LogP contribution < -0.4 is 14.8 Å². The van der Waals surface area contributed by atoms with Gasteiger partial charge in [0.15, 0.2) is 5.16 Å². The predicted octanol–water partition coefficient (Wildman–Crippen LogP) is 4.64. The number of benzene rings is 2. The van der Waals surface area contributed by atoms with E-state index in [9.17, 15) is 18.0 Å². The minimum atomic E-state index is -4.44. The lowest BCUT2D eigenvalue weighted by Crippen LogP contribution is -2.15. The number of carbonyl (C=O) groups excluding carboxylic acids is 1. The first-order chi connectivity index (χ1) is 14.3. The molecule has 0 aliphatic carbocycles. The number of nitrogens with zero attached hydrogens (tertiary/aromatic N) is 2. The van der Waals surface area contributed by atoms with Gasteiger partial charge in [0.05, 0.1) is 31.2 Å². The molecule has 0 fully saturated rings. The highest BCUT2D eigenvalue weighted by molar-refractivity contribution is 7.99. The molecule has 1 N–H and O–H groups in total. The maximum Gasteiger partial charge on any atom is 0.416 e. The molecule has 30 heavy (non-hydrogen) atoms. The molecule has 0 bridgehead atoms. The van der Waals surface area contributed by atoms with Crippen LogP contribution in [0.4, 0.5) is 18.9 Å². The molecule has 1 amide bonds. The summed E-state index contributed by atoms with van der Waals surface area (Å²) in [4.78, 5) is 16.5. The standard InChI is InChI=1S/C20H18F3N3O3S/c1-28-15-6-7-16(17(11-15)29-2)25-18(27)12-30-19-24-8-9-26(19)14-5-3-4-13(10-14)20(21,22)23/h3-11H,12H2,1-2H3,(H,25,27). The van der Waals surface area contributed by atoms with Crippen LogP contribution in [-0.2, 0) is 11.0 Å². The molecule has 3 rings (SSSR count). The molecule has 0 atom stereocenters. The second-order valence-electron chi connectivity index (χ2n) is 6.03. The molecule has 3 aromatic rings. The molecule has 6 nitrogen and oxygen atoms in total. The van der Waals surface area contributed by atoms with E-state index in [-0.39, 0.29) is 11.7 Å². The Balaban J connectivity index is 1.70. The van der Waals surface area contributed by atoms with E-state index >= 15 is 0 Å². The molecule has 1 aromatic heterocycles. The number of hydrogen-bond donors (Lipinski definition) is 1. The molecule has 0 aliphatic rings. The molecule has 0 saturated heterocycles. The zero-order valence-electron chi connectivity index (χ0n) is 16.1. The van der Waals surface area contributed by atoms with Crippen LogP contribution >= 0.6 is 11.8 Å².